The lowest BCUT2D eigenvalue weighted by atomic mass is 10.1. The molecule has 1 aromatic heterocycles. The smallest absolute Gasteiger partial charge is 0.401 e. The summed E-state index contributed by atoms with van der Waals surface area (Å²) in [4.78, 5) is 26.3. The van der Waals surface area contributed by atoms with Crippen molar-refractivity contribution in [2.24, 2.45) is 0 Å². The number of piperazine rings is 1. The van der Waals surface area contributed by atoms with Crippen LogP contribution >= 0.6 is 0 Å². The lowest BCUT2D eigenvalue weighted by Crippen LogP contribution is -2.47. The summed E-state index contributed by atoms with van der Waals surface area (Å²) in [5, 5.41) is 10.6. The van der Waals surface area contributed by atoms with Gasteiger partial charge in [-0.25, -0.2) is 0 Å². The summed E-state index contributed by atoms with van der Waals surface area (Å²) in [6, 6.07) is 11.2. The first-order valence-corrected chi connectivity index (χ1v) is 8.50. The predicted molar refractivity (Wildman–Crippen MR) is 97.4 cm³/mol. The van der Waals surface area contributed by atoms with Crippen molar-refractivity contribution in [3.63, 3.8) is 0 Å². The maximum atomic E-state index is 12.3. The zero-order valence-corrected chi connectivity index (χ0v) is 14.6. The molecule has 0 aliphatic carbocycles. The van der Waals surface area contributed by atoms with Crippen molar-refractivity contribution in [1.82, 2.24) is 9.80 Å². The maximum absolute atomic E-state index is 12.3. The number of hydrogen-bond donors (Lipinski definition) is 0. The number of rotatable bonds is 5. The van der Waals surface area contributed by atoms with Gasteiger partial charge in [0.05, 0.1) is 6.07 Å². The van der Waals surface area contributed by atoms with Gasteiger partial charge in [-0.05, 0) is 24.6 Å². The molecule has 0 atom stereocenters. The van der Waals surface area contributed by atoms with Crippen LogP contribution in [-0.2, 0) is 11.3 Å². The third kappa shape index (κ3) is 4.58. The Balaban J connectivity index is 1.49. The van der Waals surface area contributed by atoms with Crippen LogP contribution < -0.4 is 0 Å². The number of hydrogen-bond acceptors (Lipinski definition) is 5. The van der Waals surface area contributed by atoms with Crippen LogP contribution in [0, 0.1) is 17.0 Å². The molecule has 1 aliphatic rings. The van der Waals surface area contributed by atoms with Crippen LogP contribution in [0.3, 0.4) is 0 Å². The molecule has 0 saturated carbocycles. The lowest BCUT2D eigenvalue weighted by molar-refractivity contribution is -0.402. The number of nitro groups is 1. The van der Waals surface area contributed by atoms with E-state index in [0.717, 1.165) is 19.6 Å². The summed E-state index contributed by atoms with van der Waals surface area (Å²) in [5.41, 5.74) is 2.52. The van der Waals surface area contributed by atoms with E-state index in [0.29, 0.717) is 18.8 Å². The van der Waals surface area contributed by atoms with Crippen molar-refractivity contribution in [3.8, 4) is 0 Å². The molecule has 0 bridgehead atoms. The van der Waals surface area contributed by atoms with E-state index in [2.05, 4.69) is 36.1 Å². The Morgan fingerprint density at radius 1 is 1.15 bits per heavy atom. The number of nitrogens with zero attached hydrogens (tertiary/aromatic N) is 3. The molecule has 1 aromatic carbocycles. The fourth-order valence-corrected chi connectivity index (χ4v) is 2.87. The quantitative estimate of drug-likeness (QED) is 0.468. The molecule has 1 fully saturated rings. The predicted octanol–water partition coefficient (Wildman–Crippen LogP) is 2.85. The second-order valence-corrected chi connectivity index (χ2v) is 6.35. The Hall–Kier alpha value is -2.93. The molecule has 1 saturated heterocycles. The Kier molecular flexibility index (Phi) is 5.48. The molecule has 2 heterocycles. The van der Waals surface area contributed by atoms with Crippen molar-refractivity contribution in [2.45, 2.75) is 13.5 Å². The minimum atomic E-state index is -0.605. The van der Waals surface area contributed by atoms with E-state index in [1.807, 2.05) is 0 Å². The van der Waals surface area contributed by atoms with Gasteiger partial charge in [-0.2, -0.15) is 0 Å². The molecule has 3 rings (SSSR count). The number of furan rings is 1. The van der Waals surface area contributed by atoms with Crippen molar-refractivity contribution < 1.29 is 14.1 Å². The normalized spacial score (nSPS) is 15.5. The highest BCUT2D eigenvalue weighted by atomic mass is 16.6. The summed E-state index contributed by atoms with van der Waals surface area (Å²) in [5.74, 6) is -0.149. The topological polar surface area (TPSA) is 79.8 Å². The van der Waals surface area contributed by atoms with Crippen LogP contribution in [0.4, 0.5) is 5.88 Å². The minimum absolute atomic E-state index is 0.112. The molecular weight excluding hydrogens is 334 g/mol. The zero-order valence-electron chi connectivity index (χ0n) is 14.6. The van der Waals surface area contributed by atoms with Crippen molar-refractivity contribution in [1.29, 1.82) is 0 Å². The fourth-order valence-electron chi connectivity index (χ4n) is 2.87. The Morgan fingerprint density at radius 2 is 1.85 bits per heavy atom. The molecule has 2 aromatic rings. The molecule has 1 amide bonds. The van der Waals surface area contributed by atoms with Crippen molar-refractivity contribution >= 4 is 17.9 Å². The third-order valence-corrected chi connectivity index (χ3v) is 4.39. The molecule has 0 N–H and O–H groups in total. The van der Waals surface area contributed by atoms with E-state index in [1.165, 1.54) is 35.4 Å². The third-order valence-electron chi connectivity index (χ3n) is 4.39. The van der Waals surface area contributed by atoms with E-state index < -0.39 is 4.92 Å². The molecule has 136 valence electrons. The highest BCUT2D eigenvalue weighted by Gasteiger charge is 2.19. The highest BCUT2D eigenvalue weighted by molar-refractivity contribution is 5.91. The summed E-state index contributed by atoms with van der Waals surface area (Å²) < 4.78 is 5.01. The van der Waals surface area contributed by atoms with Gasteiger partial charge >= 0.3 is 5.88 Å². The van der Waals surface area contributed by atoms with E-state index in [-0.39, 0.29) is 11.8 Å². The van der Waals surface area contributed by atoms with Crippen LogP contribution in [0.1, 0.15) is 16.9 Å². The first-order chi connectivity index (χ1) is 12.5. The van der Waals surface area contributed by atoms with Crippen molar-refractivity contribution in [2.75, 3.05) is 26.2 Å². The van der Waals surface area contributed by atoms with Crippen molar-refractivity contribution in [3.05, 3.63) is 69.5 Å². The number of benzene rings is 1. The average molecular weight is 355 g/mol. The molecule has 26 heavy (non-hydrogen) atoms. The number of aryl methyl sites for hydroxylation is 1. The van der Waals surface area contributed by atoms with Crippen LogP contribution in [0.2, 0.25) is 0 Å². The molecule has 7 heteroatoms. The Labute approximate surface area is 151 Å². The molecule has 0 unspecified atom stereocenters. The molecular formula is C19H21N3O4. The highest BCUT2D eigenvalue weighted by Crippen LogP contribution is 2.17. The average Bonchev–Trinajstić information content (AvgIpc) is 3.12. The van der Waals surface area contributed by atoms with Gasteiger partial charge in [0.15, 0.2) is 0 Å². The van der Waals surface area contributed by atoms with Gasteiger partial charge in [0.2, 0.25) is 5.91 Å². The first-order valence-electron chi connectivity index (χ1n) is 8.50. The van der Waals surface area contributed by atoms with Gasteiger partial charge < -0.3 is 9.32 Å². The standard InChI is InChI=1S/C19H21N3O4/c1-15-2-4-16(5-3-15)14-20-10-12-21(13-11-20)18(23)8-6-17-7-9-19(26-17)22(24)25/h2-9H,10-14H2,1H3/b8-6+. The van der Waals surface area contributed by atoms with Gasteiger partial charge in [0.1, 0.15) is 10.7 Å². The second-order valence-electron chi connectivity index (χ2n) is 6.35. The monoisotopic (exact) mass is 355 g/mol. The van der Waals surface area contributed by atoms with E-state index >= 15 is 0 Å². The molecule has 7 nitrogen and oxygen atoms in total. The van der Waals surface area contributed by atoms with Crippen LogP contribution in [-0.4, -0.2) is 46.8 Å². The maximum Gasteiger partial charge on any atom is 0.433 e. The van der Waals surface area contributed by atoms with Gasteiger partial charge in [-0.1, -0.05) is 29.8 Å². The van der Waals surface area contributed by atoms with Gasteiger partial charge in [-0.15, -0.1) is 0 Å². The zero-order chi connectivity index (χ0) is 18.5. The van der Waals surface area contributed by atoms with Gasteiger partial charge in [-0.3, -0.25) is 19.8 Å². The second kappa shape index (κ2) is 7.97. The molecule has 0 spiro atoms. The summed E-state index contributed by atoms with van der Waals surface area (Å²) >= 11 is 0. The largest absolute Gasteiger partial charge is 0.433 e. The van der Waals surface area contributed by atoms with E-state index in [4.69, 9.17) is 4.42 Å². The van der Waals surface area contributed by atoms with E-state index in [9.17, 15) is 14.9 Å². The Bertz CT molecular complexity index is 802. The Morgan fingerprint density at radius 3 is 2.46 bits per heavy atom. The first kappa shape index (κ1) is 17.9. The van der Waals surface area contributed by atoms with Crippen LogP contribution in [0.15, 0.2) is 46.9 Å². The lowest BCUT2D eigenvalue weighted by Gasteiger charge is -2.34. The minimum Gasteiger partial charge on any atom is -0.401 e. The van der Waals surface area contributed by atoms with E-state index in [1.54, 1.807) is 4.90 Å². The number of carbonyl (C=O) groups excluding carboxylic acids is 1. The number of carbonyl (C=O) groups is 1. The SMILES string of the molecule is Cc1ccc(CN2CCN(C(=O)/C=C/c3ccc([N+](=O)[O-])o3)CC2)cc1. The van der Waals surface area contributed by atoms with Gasteiger partial charge in [0, 0.05) is 38.8 Å². The van der Waals surface area contributed by atoms with Gasteiger partial charge in [0.25, 0.3) is 0 Å². The molecule has 0 radical (unpaired) electrons. The summed E-state index contributed by atoms with van der Waals surface area (Å²) in [6.07, 6.45) is 2.87. The molecule has 1 aliphatic heterocycles. The fraction of sp³-hybridized carbons (Fsp3) is 0.316. The van der Waals surface area contributed by atoms with Crippen LogP contribution in [0.5, 0.6) is 0 Å². The summed E-state index contributed by atoms with van der Waals surface area (Å²) in [6.45, 7) is 5.91. The summed E-state index contributed by atoms with van der Waals surface area (Å²) in [7, 11) is 0. The van der Waals surface area contributed by atoms with Crippen LogP contribution in [0.25, 0.3) is 6.08 Å². The number of amides is 1.